The number of hydrogen-bond donors (Lipinski definition) is 2. The summed E-state index contributed by atoms with van der Waals surface area (Å²) in [6, 6.07) is 15.0. The number of amides is 1. The van der Waals surface area contributed by atoms with Gasteiger partial charge in [0.1, 0.15) is 5.56 Å². The van der Waals surface area contributed by atoms with Gasteiger partial charge in [0.05, 0.1) is 15.5 Å². The average Bonchev–Trinajstić information content (AvgIpc) is 2.68. The third-order valence-corrected chi connectivity index (χ3v) is 6.24. The van der Waals surface area contributed by atoms with Crippen molar-refractivity contribution < 1.29 is 18.1 Å². The highest BCUT2D eigenvalue weighted by molar-refractivity contribution is 7.92. The number of nitro groups is 1. The predicted octanol–water partition coefficient (Wildman–Crippen LogP) is 4.92. The van der Waals surface area contributed by atoms with Gasteiger partial charge in [-0.1, -0.05) is 35.9 Å². The number of sulfonamides is 1. The van der Waals surface area contributed by atoms with Crippen molar-refractivity contribution in [1.29, 1.82) is 0 Å². The maximum absolute atomic E-state index is 12.9. The lowest BCUT2D eigenvalue weighted by Crippen LogP contribution is -2.17. The number of benzene rings is 3. The molecule has 3 aromatic carbocycles. The van der Waals surface area contributed by atoms with Crippen LogP contribution in [-0.2, 0) is 10.0 Å². The highest BCUT2D eigenvalue weighted by atomic mass is 35.5. The quantitative estimate of drug-likeness (QED) is 0.400. The smallest absolute Gasteiger partial charge is 0.285 e. The van der Waals surface area contributed by atoms with Gasteiger partial charge < -0.3 is 5.32 Å². The molecular weight excluding hydrogens is 442 g/mol. The first-order valence-corrected chi connectivity index (χ1v) is 10.9. The topological polar surface area (TPSA) is 118 Å². The lowest BCUT2D eigenvalue weighted by atomic mass is 10.1. The first-order valence-electron chi connectivity index (χ1n) is 9.03. The normalized spacial score (nSPS) is 11.1. The molecule has 0 saturated heterocycles. The van der Waals surface area contributed by atoms with Gasteiger partial charge in [0.2, 0.25) is 0 Å². The molecule has 2 N–H and O–H groups in total. The summed E-state index contributed by atoms with van der Waals surface area (Å²) in [7, 11) is -3.98. The van der Waals surface area contributed by atoms with Crippen LogP contribution in [0.1, 0.15) is 21.5 Å². The van der Waals surface area contributed by atoms with Crippen molar-refractivity contribution in [2.75, 3.05) is 10.0 Å². The highest BCUT2D eigenvalue weighted by Crippen LogP contribution is 2.27. The van der Waals surface area contributed by atoms with E-state index in [1.165, 1.54) is 49.4 Å². The summed E-state index contributed by atoms with van der Waals surface area (Å²) in [6.07, 6.45) is 0. The van der Waals surface area contributed by atoms with Crippen molar-refractivity contribution in [3.63, 3.8) is 0 Å². The minimum atomic E-state index is -3.98. The monoisotopic (exact) mass is 459 g/mol. The van der Waals surface area contributed by atoms with E-state index in [9.17, 15) is 23.3 Å². The zero-order valence-corrected chi connectivity index (χ0v) is 18.1. The van der Waals surface area contributed by atoms with Crippen LogP contribution < -0.4 is 10.0 Å². The minimum Gasteiger partial charge on any atom is -0.322 e. The van der Waals surface area contributed by atoms with Crippen LogP contribution in [0.3, 0.4) is 0 Å². The van der Waals surface area contributed by atoms with E-state index in [0.29, 0.717) is 16.1 Å². The van der Waals surface area contributed by atoms with Gasteiger partial charge in [-0.2, -0.15) is 0 Å². The second-order valence-electron chi connectivity index (χ2n) is 6.78. The fraction of sp³-hybridized carbons (Fsp3) is 0.0952. The molecule has 0 aliphatic rings. The Labute approximate surface area is 184 Å². The summed E-state index contributed by atoms with van der Waals surface area (Å²) < 4.78 is 28.2. The Morgan fingerprint density at radius 3 is 2.35 bits per heavy atom. The molecule has 160 valence electrons. The number of nitrogens with zero attached hydrogens (tertiary/aromatic N) is 1. The van der Waals surface area contributed by atoms with Crippen molar-refractivity contribution in [2.45, 2.75) is 18.7 Å². The number of para-hydroxylation sites is 1. The fourth-order valence-corrected chi connectivity index (χ4v) is 4.52. The molecule has 8 nitrogen and oxygen atoms in total. The van der Waals surface area contributed by atoms with Crippen LogP contribution >= 0.6 is 11.6 Å². The third kappa shape index (κ3) is 5.01. The van der Waals surface area contributed by atoms with Crippen molar-refractivity contribution >= 4 is 44.6 Å². The summed E-state index contributed by atoms with van der Waals surface area (Å²) >= 11 is 5.91. The lowest BCUT2D eigenvalue weighted by Gasteiger charge is -2.13. The van der Waals surface area contributed by atoms with E-state index in [1.807, 2.05) is 0 Å². The molecule has 0 heterocycles. The maximum Gasteiger partial charge on any atom is 0.285 e. The van der Waals surface area contributed by atoms with Gasteiger partial charge in [0.15, 0.2) is 0 Å². The van der Waals surface area contributed by atoms with Gasteiger partial charge in [-0.25, -0.2) is 8.42 Å². The number of nitro benzene ring substituents is 1. The van der Waals surface area contributed by atoms with Crippen LogP contribution in [0.2, 0.25) is 5.02 Å². The third-order valence-electron chi connectivity index (χ3n) is 4.48. The van der Waals surface area contributed by atoms with E-state index >= 15 is 0 Å². The number of carbonyl (C=O) groups excluding carboxylic acids is 1. The first-order chi connectivity index (χ1) is 14.6. The number of hydrogen-bond acceptors (Lipinski definition) is 5. The van der Waals surface area contributed by atoms with Gasteiger partial charge in [-0.3, -0.25) is 19.6 Å². The minimum absolute atomic E-state index is 0.0518. The van der Waals surface area contributed by atoms with Gasteiger partial charge >= 0.3 is 0 Å². The molecule has 0 saturated carbocycles. The molecule has 0 unspecified atom stereocenters. The molecule has 3 rings (SSSR count). The predicted molar refractivity (Wildman–Crippen MR) is 119 cm³/mol. The SMILES string of the molecule is Cc1ccc(NC(=O)c2cccc(C)c2[N+](=O)[O-])cc1S(=O)(=O)Nc1cccc(Cl)c1. The second kappa shape index (κ2) is 8.75. The number of halogens is 1. The molecule has 1 amide bonds. The van der Waals surface area contributed by atoms with Crippen LogP contribution in [0.25, 0.3) is 0 Å². The summed E-state index contributed by atoms with van der Waals surface area (Å²) in [6.45, 7) is 3.15. The Morgan fingerprint density at radius 2 is 1.68 bits per heavy atom. The Morgan fingerprint density at radius 1 is 0.968 bits per heavy atom. The van der Waals surface area contributed by atoms with E-state index in [-0.39, 0.29) is 27.5 Å². The molecule has 0 bridgehead atoms. The molecule has 0 aromatic heterocycles. The van der Waals surface area contributed by atoms with Gasteiger partial charge in [0.25, 0.3) is 21.6 Å². The summed E-state index contributed by atoms with van der Waals surface area (Å²) in [5.74, 6) is -0.717. The van der Waals surface area contributed by atoms with Crippen LogP contribution in [0.15, 0.2) is 65.6 Å². The summed E-state index contributed by atoms with van der Waals surface area (Å²) in [4.78, 5) is 23.4. The van der Waals surface area contributed by atoms with Crippen LogP contribution in [-0.4, -0.2) is 19.2 Å². The fourth-order valence-electron chi connectivity index (χ4n) is 3.01. The molecular formula is C21H18ClN3O5S. The standard InChI is InChI=1S/C21H18ClN3O5S/c1-13-9-10-16(23-21(26)18-8-3-5-14(2)20(18)25(27)28)12-19(13)31(29,30)24-17-7-4-6-15(22)11-17/h3-12,24H,1-2H3,(H,23,26). The number of aryl methyl sites for hydroxylation is 2. The number of anilines is 2. The Kier molecular flexibility index (Phi) is 6.28. The van der Waals surface area contributed by atoms with E-state index in [0.717, 1.165) is 0 Å². The van der Waals surface area contributed by atoms with Gasteiger partial charge in [0, 0.05) is 16.3 Å². The number of nitrogens with one attached hydrogen (secondary N) is 2. The maximum atomic E-state index is 12.9. The molecule has 0 fully saturated rings. The summed E-state index contributed by atoms with van der Waals surface area (Å²) in [5.41, 5.74) is 0.841. The van der Waals surface area contributed by atoms with Crippen molar-refractivity contribution in [1.82, 2.24) is 0 Å². The van der Waals surface area contributed by atoms with Crippen LogP contribution in [0, 0.1) is 24.0 Å². The van der Waals surface area contributed by atoms with Crippen molar-refractivity contribution in [3.8, 4) is 0 Å². The number of rotatable bonds is 6. The Balaban J connectivity index is 1.92. The molecule has 3 aromatic rings. The Bertz CT molecular complexity index is 1290. The Hall–Kier alpha value is -3.43. The van der Waals surface area contributed by atoms with Crippen molar-refractivity contribution in [2.24, 2.45) is 0 Å². The van der Waals surface area contributed by atoms with E-state index < -0.39 is 20.9 Å². The zero-order valence-electron chi connectivity index (χ0n) is 16.5. The summed E-state index contributed by atoms with van der Waals surface area (Å²) in [5, 5.41) is 14.3. The average molecular weight is 460 g/mol. The zero-order chi connectivity index (χ0) is 22.8. The van der Waals surface area contributed by atoms with E-state index in [4.69, 9.17) is 11.6 Å². The highest BCUT2D eigenvalue weighted by Gasteiger charge is 2.23. The van der Waals surface area contributed by atoms with Crippen molar-refractivity contribution in [3.05, 3.63) is 92.5 Å². The van der Waals surface area contributed by atoms with E-state index in [2.05, 4.69) is 10.0 Å². The first kappa shape index (κ1) is 22.3. The molecule has 0 radical (unpaired) electrons. The van der Waals surface area contributed by atoms with Gasteiger partial charge in [-0.05, 0) is 55.8 Å². The molecule has 0 aliphatic heterocycles. The number of carbonyl (C=O) groups is 1. The van der Waals surface area contributed by atoms with Gasteiger partial charge in [-0.15, -0.1) is 0 Å². The molecule has 0 aliphatic carbocycles. The van der Waals surface area contributed by atoms with E-state index in [1.54, 1.807) is 25.1 Å². The molecule has 0 atom stereocenters. The molecule has 10 heteroatoms. The lowest BCUT2D eigenvalue weighted by molar-refractivity contribution is -0.385. The largest absolute Gasteiger partial charge is 0.322 e. The second-order valence-corrected chi connectivity index (χ2v) is 8.87. The van der Waals surface area contributed by atoms with Crippen LogP contribution in [0.4, 0.5) is 17.1 Å². The van der Waals surface area contributed by atoms with Crippen LogP contribution in [0.5, 0.6) is 0 Å². The molecule has 31 heavy (non-hydrogen) atoms. The molecule has 0 spiro atoms.